The molecule has 7 heteroatoms. The number of anilines is 1. The monoisotopic (exact) mass is 425 g/mol. The number of aromatic nitrogens is 2. The highest BCUT2D eigenvalue weighted by atomic mass is 16.5. The van der Waals surface area contributed by atoms with Gasteiger partial charge in [-0.2, -0.15) is 4.98 Å². The minimum absolute atomic E-state index is 0.0261. The number of carbonyl (C=O) groups is 1. The van der Waals surface area contributed by atoms with Gasteiger partial charge >= 0.3 is 11.8 Å². The van der Waals surface area contributed by atoms with Crippen molar-refractivity contribution in [2.75, 3.05) is 44.2 Å². The van der Waals surface area contributed by atoms with Crippen LogP contribution in [0.15, 0.2) is 28.8 Å². The van der Waals surface area contributed by atoms with Crippen LogP contribution in [-0.2, 0) is 0 Å². The van der Waals surface area contributed by atoms with Gasteiger partial charge < -0.3 is 19.6 Å². The molecule has 1 aromatic heterocycles. The van der Waals surface area contributed by atoms with Crippen molar-refractivity contribution in [3.63, 3.8) is 0 Å². The van der Waals surface area contributed by atoms with Crippen molar-refractivity contribution >= 4 is 11.6 Å². The van der Waals surface area contributed by atoms with Crippen molar-refractivity contribution in [2.24, 2.45) is 5.92 Å². The van der Waals surface area contributed by atoms with Crippen molar-refractivity contribution in [3.8, 4) is 11.4 Å². The first kappa shape index (κ1) is 21.8. The summed E-state index contributed by atoms with van der Waals surface area (Å²) in [7, 11) is 0. The Balaban J connectivity index is 1.25. The lowest BCUT2D eigenvalue weighted by Crippen LogP contribution is -2.36. The predicted octanol–water partition coefficient (Wildman–Crippen LogP) is 3.97. The molecule has 0 aliphatic carbocycles. The maximum atomic E-state index is 12.4. The summed E-state index contributed by atoms with van der Waals surface area (Å²) in [5.74, 6) is 0.957. The van der Waals surface area contributed by atoms with E-state index in [0.717, 1.165) is 44.1 Å². The Morgan fingerprint density at radius 3 is 2.61 bits per heavy atom. The van der Waals surface area contributed by atoms with E-state index in [0.29, 0.717) is 12.4 Å². The van der Waals surface area contributed by atoms with Crippen molar-refractivity contribution in [1.29, 1.82) is 0 Å². The number of likely N-dealkylation sites (tertiary alicyclic amines) is 1. The summed E-state index contributed by atoms with van der Waals surface area (Å²) in [5, 5.41) is 6.91. The SMILES string of the molecule is CC1CCCN(CCCNC(=O)c2nc(-c3ccc(N4CCCCCC4)cc3)no2)C1. The highest BCUT2D eigenvalue weighted by molar-refractivity contribution is 5.89. The van der Waals surface area contributed by atoms with Crippen LogP contribution >= 0.6 is 0 Å². The molecule has 0 radical (unpaired) electrons. The Kier molecular flexibility index (Phi) is 7.57. The molecular formula is C24H35N5O2. The Morgan fingerprint density at radius 1 is 1.10 bits per heavy atom. The van der Waals surface area contributed by atoms with Gasteiger partial charge in [0, 0.05) is 37.4 Å². The van der Waals surface area contributed by atoms with Crippen LogP contribution < -0.4 is 10.2 Å². The van der Waals surface area contributed by atoms with E-state index in [1.54, 1.807) is 0 Å². The Labute approximate surface area is 185 Å². The summed E-state index contributed by atoms with van der Waals surface area (Å²) in [6, 6.07) is 8.23. The maximum absolute atomic E-state index is 12.4. The number of benzene rings is 1. The molecule has 1 amide bonds. The van der Waals surface area contributed by atoms with Crippen LogP contribution in [0.3, 0.4) is 0 Å². The number of hydrogen-bond acceptors (Lipinski definition) is 6. The molecule has 0 saturated carbocycles. The van der Waals surface area contributed by atoms with Crippen LogP contribution in [-0.4, -0.2) is 60.2 Å². The zero-order valence-corrected chi connectivity index (χ0v) is 18.7. The molecule has 1 aromatic carbocycles. The molecule has 168 valence electrons. The van der Waals surface area contributed by atoms with Gasteiger partial charge in [0.05, 0.1) is 0 Å². The third-order valence-electron chi connectivity index (χ3n) is 6.39. The first-order valence-corrected chi connectivity index (χ1v) is 11.9. The lowest BCUT2D eigenvalue weighted by atomic mass is 10.0. The molecule has 2 fully saturated rings. The molecule has 0 bridgehead atoms. The summed E-state index contributed by atoms with van der Waals surface area (Å²) in [6.07, 6.45) is 8.67. The number of nitrogens with zero attached hydrogens (tertiary/aromatic N) is 4. The van der Waals surface area contributed by atoms with Crippen LogP contribution in [0.4, 0.5) is 5.69 Å². The summed E-state index contributed by atoms with van der Waals surface area (Å²) >= 11 is 0. The highest BCUT2D eigenvalue weighted by Crippen LogP contribution is 2.23. The van der Waals surface area contributed by atoms with Gasteiger partial charge in [-0.05, 0) is 75.4 Å². The van der Waals surface area contributed by atoms with Gasteiger partial charge in [-0.25, -0.2) is 0 Å². The van der Waals surface area contributed by atoms with E-state index < -0.39 is 0 Å². The second-order valence-corrected chi connectivity index (χ2v) is 9.03. The molecule has 0 spiro atoms. The smallest absolute Gasteiger partial charge is 0.316 e. The van der Waals surface area contributed by atoms with E-state index in [1.807, 2.05) is 12.1 Å². The standard InChI is InChI=1S/C24H35N5O2/c1-19-8-6-14-28(18-19)15-7-13-25-23(30)24-26-22(27-31-24)20-9-11-21(12-10-20)29-16-4-2-3-5-17-29/h9-12,19H,2-8,13-18H2,1H3,(H,25,30). The van der Waals surface area contributed by atoms with Gasteiger partial charge in [0.1, 0.15) is 0 Å². The Hall–Kier alpha value is -2.41. The van der Waals surface area contributed by atoms with Gasteiger partial charge in [0.15, 0.2) is 0 Å². The predicted molar refractivity (Wildman–Crippen MR) is 122 cm³/mol. The second kappa shape index (κ2) is 10.8. The minimum Gasteiger partial charge on any atom is -0.372 e. The zero-order chi connectivity index (χ0) is 21.5. The van der Waals surface area contributed by atoms with Crippen molar-refractivity contribution < 1.29 is 9.32 Å². The minimum atomic E-state index is -0.299. The highest BCUT2D eigenvalue weighted by Gasteiger charge is 2.18. The van der Waals surface area contributed by atoms with Gasteiger partial charge in [-0.15, -0.1) is 0 Å². The first-order valence-electron chi connectivity index (χ1n) is 11.9. The Morgan fingerprint density at radius 2 is 1.87 bits per heavy atom. The second-order valence-electron chi connectivity index (χ2n) is 9.03. The van der Waals surface area contributed by atoms with Crippen LogP contribution in [0.5, 0.6) is 0 Å². The fraction of sp³-hybridized carbons (Fsp3) is 0.625. The largest absolute Gasteiger partial charge is 0.372 e. The molecule has 7 nitrogen and oxygen atoms in total. The molecule has 31 heavy (non-hydrogen) atoms. The summed E-state index contributed by atoms with van der Waals surface area (Å²) in [4.78, 5) is 21.6. The van der Waals surface area contributed by atoms with Crippen LogP contribution in [0.2, 0.25) is 0 Å². The van der Waals surface area contributed by atoms with Gasteiger partial charge in [-0.1, -0.05) is 24.9 Å². The zero-order valence-electron chi connectivity index (χ0n) is 18.7. The topological polar surface area (TPSA) is 74.5 Å². The van der Waals surface area contributed by atoms with Crippen LogP contribution in [0.25, 0.3) is 11.4 Å². The molecule has 1 atom stereocenters. The molecule has 1 N–H and O–H groups in total. The first-order chi connectivity index (χ1) is 15.2. The van der Waals surface area contributed by atoms with Crippen molar-refractivity contribution in [3.05, 3.63) is 30.2 Å². The number of amides is 1. The molecule has 2 saturated heterocycles. The third-order valence-corrected chi connectivity index (χ3v) is 6.39. The van der Waals surface area contributed by atoms with E-state index >= 15 is 0 Å². The number of piperidine rings is 1. The number of hydrogen-bond donors (Lipinski definition) is 1. The quantitative estimate of drug-likeness (QED) is 0.677. The van der Waals surface area contributed by atoms with Crippen molar-refractivity contribution in [1.82, 2.24) is 20.4 Å². The fourth-order valence-corrected chi connectivity index (χ4v) is 4.65. The number of rotatable bonds is 7. The summed E-state index contributed by atoms with van der Waals surface area (Å²) < 4.78 is 5.21. The third kappa shape index (κ3) is 6.06. The lowest BCUT2D eigenvalue weighted by Gasteiger charge is -2.30. The average Bonchev–Trinajstić information content (AvgIpc) is 3.13. The fourth-order valence-electron chi connectivity index (χ4n) is 4.65. The van der Waals surface area contributed by atoms with Crippen LogP contribution in [0.1, 0.15) is 62.6 Å². The van der Waals surface area contributed by atoms with Crippen LogP contribution in [0, 0.1) is 5.92 Å². The number of nitrogens with one attached hydrogen (secondary N) is 1. The summed E-state index contributed by atoms with van der Waals surface area (Å²) in [6.45, 7) is 8.50. The summed E-state index contributed by atoms with van der Waals surface area (Å²) in [5.41, 5.74) is 2.09. The van der Waals surface area contributed by atoms with Gasteiger partial charge in [0.25, 0.3) is 0 Å². The van der Waals surface area contributed by atoms with Gasteiger partial charge in [0.2, 0.25) is 5.82 Å². The maximum Gasteiger partial charge on any atom is 0.316 e. The van der Waals surface area contributed by atoms with E-state index in [4.69, 9.17) is 4.52 Å². The molecular weight excluding hydrogens is 390 g/mol. The van der Waals surface area contributed by atoms with E-state index in [2.05, 4.69) is 44.3 Å². The number of carbonyl (C=O) groups excluding carboxylic acids is 1. The Bertz CT molecular complexity index is 827. The van der Waals surface area contributed by atoms with Gasteiger partial charge in [-0.3, -0.25) is 4.79 Å². The van der Waals surface area contributed by atoms with E-state index in [9.17, 15) is 4.79 Å². The normalized spacial score (nSPS) is 20.4. The van der Waals surface area contributed by atoms with E-state index in [1.165, 1.54) is 50.8 Å². The molecule has 1 unspecified atom stereocenters. The average molecular weight is 426 g/mol. The molecule has 4 rings (SSSR count). The molecule has 2 aromatic rings. The van der Waals surface area contributed by atoms with E-state index in [-0.39, 0.29) is 11.8 Å². The lowest BCUT2D eigenvalue weighted by molar-refractivity contribution is 0.0906. The molecule has 3 heterocycles. The van der Waals surface area contributed by atoms with Crippen molar-refractivity contribution in [2.45, 2.75) is 51.9 Å². The molecule has 2 aliphatic heterocycles. The molecule has 2 aliphatic rings.